The second kappa shape index (κ2) is 6.26. The third kappa shape index (κ3) is 4.18. The molecule has 0 spiro atoms. The standard InChI is InChI=1S/C12H12BrNO/c1-10(15)14-12-8-3-2-6-11(12)7-4-5-9-13/h2-3,6,8H,5,9H2,1H3,(H,14,15). The van der Waals surface area contributed by atoms with Crippen LogP contribution in [0.5, 0.6) is 0 Å². The summed E-state index contributed by atoms with van der Waals surface area (Å²) in [6.07, 6.45) is 0.800. The molecule has 0 saturated heterocycles. The molecule has 1 aromatic carbocycles. The summed E-state index contributed by atoms with van der Waals surface area (Å²) in [5.41, 5.74) is 1.63. The van der Waals surface area contributed by atoms with Crippen LogP contribution in [0.25, 0.3) is 0 Å². The number of benzene rings is 1. The minimum Gasteiger partial charge on any atom is -0.325 e. The molecule has 78 valence electrons. The third-order valence-electron chi connectivity index (χ3n) is 1.68. The van der Waals surface area contributed by atoms with Gasteiger partial charge in [0.25, 0.3) is 0 Å². The summed E-state index contributed by atoms with van der Waals surface area (Å²) < 4.78 is 0. The first-order valence-corrected chi connectivity index (χ1v) is 5.77. The van der Waals surface area contributed by atoms with Gasteiger partial charge in [-0.2, -0.15) is 0 Å². The summed E-state index contributed by atoms with van der Waals surface area (Å²) >= 11 is 3.31. The van der Waals surface area contributed by atoms with Crippen LogP contribution in [0.4, 0.5) is 5.69 Å². The van der Waals surface area contributed by atoms with Gasteiger partial charge in [-0.1, -0.05) is 39.9 Å². The Morgan fingerprint density at radius 2 is 2.20 bits per heavy atom. The summed E-state index contributed by atoms with van der Waals surface area (Å²) in [7, 11) is 0. The molecule has 0 bridgehead atoms. The molecule has 1 rings (SSSR count). The van der Waals surface area contributed by atoms with E-state index in [1.54, 1.807) is 0 Å². The molecular weight excluding hydrogens is 254 g/mol. The van der Waals surface area contributed by atoms with Gasteiger partial charge < -0.3 is 5.32 Å². The molecule has 0 radical (unpaired) electrons. The van der Waals surface area contributed by atoms with Crippen molar-refractivity contribution in [2.45, 2.75) is 13.3 Å². The largest absolute Gasteiger partial charge is 0.325 e. The molecule has 1 aromatic rings. The van der Waals surface area contributed by atoms with Crippen molar-refractivity contribution in [2.24, 2.45) is 0 Å². The van der Waals surface area contributed by atoms with Crippen LogP contribution in [0.2, 0.25) is 0 Å². The quantitative estimate of drug-likeness (QED) is 0.647. The van der Waals surface area contributed by atoms with Crippen LogP contribution >= 0.6 is 15.9 Å². The Hall–Kier alpha value is -1.27. The lowest BCUT2D eigenvalue weighted by Gasteiger charge is -2.03. The Balaban J connectivity index is 2.87. The summed E-state index contributed by atoms with van der Waals surface area (Å²) in [6.45, 7) is 1.49. The molecule has 0 aliphatic heterocycles. The van der Waals surface area contributed by atoms with Crippen molar-refractivity contribution in [3.05, 3.63) is 29.8 Å². The average Bonchev–Trinajstić information content (AvgIpc) is 2.20. The number of rotatable bonds is 2. The minimum absolute atomic E-state index is 0.0789. The van der Waals surface area contributed by atoms with Gasteiger partial charge in [0.15, 0.2) is 0 Å². The maximum absolute atomic E-state index is 10.9. The zero-order valence-electron chi connectivity index (χ0n) is 8.51. The van der Waals surface area contributed by atoms with E-state index in [0.29, 0.717) is 0 Å². The van der Waals surface area contributed by atoms with Crippen molar-refractivity contribution >= 4 is 27.5 Å². The van der Waals surface area contributed by atoms with E-state index in [1.807, 2.05) is 24.3 Å². The van der Waals surface area contributed by atoms with E-state index in [4.69, 9.17) is 0 Å². The first-order chi connectivity index (χ1) is 7.24. The van der Waals surface area contributed by atoms with Gasteiger partial charge in [0, 0.05) is 24.2 Å². The van der Waals surface area contributed by atoms with Crippen molar-refractivity contribution in [1.82, 2.24) is 0 Å². The van der Waals surface area contributed by atoms with Gasteiger partial charge >= 0.3 is 0 Å². The lowest BCUT2D eigenvalue weighted by molar-refractivity contribution is -0.114. The highest BCUT2D eigenvalue weighted by Gasteiger charge is 1.99. The molecule has 3 heteroatoms. The summed E-state index contributed by atoms with van der Waals surface area (Å²) in [4.78, 5) is 10.9. The number of nitrogens with one attached hydrogen (secondary N) is 1. The molecule has 0 unspecified atom stereocenters. The molecule has 0 saturated carbocycles. The zero-order valence-corrected chi connectivity index (χ0v) is 10.1. The maximum Gasteiger partial charge on any atom is 0.221 e. The lowest BCUT2D eigenvalue weighted by atomic mass is 10.2. The molecule has 1 N–H and O–H groups in total. The number of hydrogen-bond acceptors (Lipinski definition) is 1. The van der Waals surface area contributed by atoms with E-state index in [0.717, 1.165) is 23.0 Å². The van der Waals surface area contributed by atoms with Crippen LogP contribution in [0.3, 0.4) is 0 Å². The van der Waals surface area contributed by atoms with Gasteiger partial charge in [0.2, 0.25) is 5.91 Å². The molecule has 0 fully saturated rings. The van der Waals surface area contributed by atoms with Crippen molar-refractivity contribution in [2.75, 3.05) is 10.6 Å². The van der Waals surface area contributed by atoms with Gasteiger partial charge in [-0.25, -0.2) is 0 Å². The molecule has 0 aromatic heterocycles. The van der Waals surface area contributed by atoms with E-state index in [-0.39, 0.29) is 5.91 Å². The van der Waals surface area contributed by atoms with Crippen molar-refractivity contribution < 1.29 is 4.79 Å². The van der Waals surface area contributed by atoms with Gasteiger partial charge in [-0.3, -0.25) is 4.79 Å². The highest BCUT2D eigenvalue weighted by Crippen LogP contribution is 2.13. The fourth-order valence-corrected chi connectivity index (χ4v) is 1.29. The van der Waals surface area contributed by atoms with Crippen molar-refractivity contribution in [3.63, 3.8) is 0 Å². The normalized spacial score (nSPS) is 8.93. The van der Waals surface area contributed by atoms with Crippen LogP contribution in [-0.4, -0.2) is 11.2 Å². The van der Waals surface area contributed by atoms with E-state index in [9.17, 15) is 4.79 Å². The van der Waals surface area contributed by atoms with Gasteiger partial charge in [0.05, 0.1) is 5.69 Å². The number of amides is 1. The zero-order chi connectivity index (χ0) is 11.1. The van der Waals surface area contributed by atoms with Crippen LogP contribution in [-0.2, 0) is 4.79 Å². The topological polar surface area (TPSA) is 29.1 Å². The average molecular weight is 266 g/mol. The number of carbonyl (C=O) groups excluding carboxylic acids is 1. The van der Waals surface area contributed by atoms with E-state index in [2.05, 4.69) is 33.1 Å². The molecule has 15 heavy (non-hydrogen) atoms. The predicted octanol–water partition coefficient (Wildman–Crippen LogP) is 2.78. The Morgan fingerprint density at radius 3 is 2.87 bits per heavy atom. The fraction of sp³-hybridized carbons (Fsp3) is 0.250. The van der Waals surface area contributed by atoms with Gasteiger partial charge in [-0.05, 0) is 12.1 Å². The summed E-state index contributed by atoms with van der Waals surface area (Å²) in [6, 6.07) is 7.52. The Kier molecular flexibility index (Phi) is 4.92. The number of carbonyl (C=O) groups is 1. The summed E-state index contributed by atoms with van der Waals surface area (Å²) in [5, 5.41) is 3.61. The van der Waals surface area contributed by atoms with Gasteiger partial charge in [0.1, 0.15) is 0 Å². The molecule has 0 aliphatic rings. The monoisotopic (exact) mass is 265 g/mol. The van der Waals surface area contributed by atoms with E-state index >= 15 is 0 Å². The lowest BCUT2D eigenvalue weighted by Crippen LogP contribution is -2.06. The number of halogens is 1. The first kappa shape index (κ1) is 11.8. The second-order valence-electron chi connectivity index (χ2n) is 2.97. The third-order valence-corrected chi connectivity index (χ3v) is 2.08. The Labute approximate surface area is 98.2 Å². The Morgan fingerprint density at radius 1 is 1.47 bits per heavy atom. The van der Waals surface area contributed by atoms with E-state index in [1.165, 1.54) is 6.92 Å². The van der Waals surface area contributed by atoms with Crippen LogP contribution in [0.15, 0.2) is 24.3 Å². The smallest absolute Gasteiger partial charge is 0.221 e. The van der Waals surface area contributed by atoms with Crippen molar-refractivity contribution in [3.8, 4) is 11.8 Å². The predicted molar refractivity (Wildman–Crippen MR) is 66.0 cm³/mol. The number of para-hydroxylation sites is 1. The summed E-state index contributed by atoms with van der Waals surface area (Å²) in [5.74, 6) is 5.96. The molecule has 0 aliphatic carbocycles. The van der Waals surface area contributed by atoms with E-state index < -0.39 is 0 Å². The Bertz CT molecular complexity index is 404. The van der Waals surface area contributed by atoms with Gasteiger partial charge in [-0.15, -0.1) is 0 Å². The molecule has 0 heterocycles. The first-order valence-electron chi connectivity index (χ1n) is 4.65. The SMILES string of the molecule is CC(=O)Nc1ccccc1C#CCCBr. The van der Waals surface area contributed by atoms with Crippen molar-refractivity contribution in [1.29, 1.82) is 0 Å². The second-order valence-corrected chi connectivity index (χ2v) is 3.76. The molecule has 2 nitrogen and oxygen atoms in total. The molecule has 0 atom stereocenters. The molecular formula is C12H12BrNO. The number of hydrogen-bond donors (Lipinski definition) is 1. The number of anilines is 1. The van der Waals surface area contributed by atoms with Crippen LogP contribution in [0.1, 0.15) is 18.9 Å². The number of alkyl halides is 1. The minimum atomic E-state index is -0.0789. The highest BCUT2D eigenvalue weighted by molar-refractivity contribution is 9.09. The maximum atomic E-state index is 10.9. The van der Waals surface area contributed by atoms with Crippen LogP contribution in [0, 0.1) is 11.8 Å². The fourth-order valence-electron chi connectivity index (χ4n) is 1.10. The highest BCUT2D eigenvalue weighted by atomic mass is 79.9. The van der Waals surface area contributed by atoms with Crippen LogP contribution < -0.4 is 5.32 Å². The molecule has 1 amide bonds.